The first-order valence-electron chi connectivity index (χ1n) is 21.9. The second-order valence-electron chi connectivity index (χ2n) is 17.8. The molecule has 0 spiro atoms. The minimum absolute atomic E-state index is 0.0791. The van der Waals surface area contributed by atoms with Gasteiger partial charge in [0.05, 0.1) is 55.8 Å². The van der Waals surface area contributed by atoms with Gasteiger partial charge in [-0.1, -0.05) is 59.2 Å². The number of nitrogens with one attached hydrogen (secondary N) is 4. The van der Waals surface area contributed by atoms with Gasteiger partial charge in [0.2, 0.25) is 11.8 Å². The van der Waals surface area contributed by atoms with Crippen molar-refractivity contribution in [2.24, 2.45) is 23.7 Å². The van der Waals surface area contributed by atoms with Gasteiger partial charge in [-0.25, -0.2) is 19.6 Å². The summed E-state index contributed by atoms with van der Waals surface area (Å²) >= 11 is 0. The lowest BCUT2D eigenvalue weighted by atomic mass is 9.92. The van der Waals surface area contributed by atoms with Crippen LogP contribution in [0.25, 0.3) is 44.2 Å². The number of amides is 4. The fraction of sp³-hybridized carbons (Fsp3) is 0.489. The van der Waals surface area contributed by atoms with Gasteiger partial charge in [-0.2, -0.15) is 0 Å². The Morgan fingerprint density at radius 2 is 1.57 bits per heavy atom. The van der Waals surface area contributed by atoms with Crippen LogP contribution in [0.3, 0.4) is 0 Å². The molecule has 7 atom stereocenters. The Morgan fingerprint density at radius 3 is 2.29 bits per heavy atom. The number of hydrogen-bond donors (Lipinski definition) is 4. The van der Waals surface area contributed by atoms with Gasteiger partial charge in [-0.05, 0) is 76.9 Å². The number of benzene rings is 3. The average molecular weight is 863 g/mol. The van der Waals surface area contributed by atoms with E-state index in [9.17, 15) is 19.2 Å². The van der Waals surface area contributed by atoms with E-state index in [1.54, 1.807) is 7.11 Å². The first-order chi connectivity index (χ1) is 30.3. The summed E-state index contributed by atoms with van der Waals surface area (Å²) in [5, 5.41) is 7.43. The molecule has 3 aromatic carbocycles. The summed E-state index contributed by atoms with van der Waals surface area (Å²) in [6.07, 6.45) is 2.67. The van der Waals surface area contributed by atoms with E-state index in [0.29, 0.717) is 44.4 Å². The number of ether oxygens (including phenoxy) is 4. The highest BCUT2D eigenvalue weighted by molar-refractivity contribution is 6.07. The van der Waals surface area contributed by atoms with E-state index in [-0.39, 0.29) is 47.6 Å². The Labute approximate surface area is 366 Å². The van der Waals surface area contributed by atoms with E-state index in [1.807, 2.05) is 49.8 Å². The topological polar surface area (TPSA) is 193 Å². The van der Waals surface area contributed by atoms with Crippen LogP contribution in [0.15, 0.2) is 48.7 Å². The Hall–Kier alpha value is -6.16. The SMILES string of the molecule is CCC(C)[C@@H](NC(=O)OC)C(=O)N1C[C@@H](C)CC1c1ncc(-c2ccc3c(c2)COc2cc4c(ccc5[nH]c([C@@H]6C[C@H](COC)CN6C(=O)[C@@H](NC(=O)OC)C(C)C)nc54)cc2-3)[nH]1. The molecule has 4 N–H and O–H groups in total. The Morgan fingerprint density at radius 1 is 0.857 bits per heavy atom. The molecule has 0 radical (unpaired) electrons. The smallest absolute Gasteiger partial charge is 0.407 e. The molecule has 16 heteroatoms. The van der Waals surface area contributed by atoms with E-state index in [2.05, 4.69) is 63.9 Å². The number of aromatic amines is 2. The van der Waals surface area contributed by atoms with E-state index in [4.69, 9.17) is 28.9 Å². The van der Waals surface area contributed by atoms with Crippen molar-refractivity contribution in [1.29, 1.82) is 0 Å². The van der Waals surface area contributed by atoms with Crippen LogP contribution in [-0.4, -0.2) is 107 Å². The number of methoxy groups -OCH3 is 3. The maximum Gasteiger partial charge on any atom is 0.407 e. The highest BCUT2D eigenvalue weighted by Gasteiger charge is 2.43. The number of likely N-dealkylation sites (tertiary alicyclic amines) is 2. The number of carbonyl (C=O) groups excluding carboxylic acids is 4. The molecule has 8 rings (SSSR count). The van der Waals surface area contributed by atoms with E-state index >= 15 is 0 Å². The van der Waals surface area contributed by atoms with Crippen molar-refractivity contribution in [2.75, 3.05) is 41.0 Å². The summed E-state index contributed by atoms with van der Waals surface area (Å²) in [5.74, 6) is 1.93. The van der Waals surface area contributed by atoms with Gasteiger partial charge in [0.25, 0.3) is 0 Å². The molecule has 0 aliphatic carbocycles. The molecule has 2 saturated heterocycles. The first-order valence-corrected chi connectivity index (χ1v) is 21.9. The monoisotopic (exact) mass is 862 g/mol. The molecule has 5 aromatic rings. The predicted octanol–water partition coefficient (Wildman–Crippen LogP) is 7.26. The van der Waals surface area contributed by atoms with E-state index < -0.39 is 24.3 Å². The number of carbonyl (C=O) groups is 4. The average Bonchev–Trinajstić information content (AvgIpc) is 4.11. The van der Waals surface area contributed by atoms with Crippen molar-refractivity contribution in [2.45, 2.75) is 84.7 Å². The number of alkyl carbamates (subject to hydrolysis) is 2. The van der Waals surface area contributed by atoms with Gasteiger partial charge in [0, 0.05) is 37.1 Å². The largest absolute Gasteiger partial charge is 0.488 e. The highest BCUT2D eigenvalue weighted by Crippen LogP contribution is 2.44. The zero-order valence-corrected chi connectivity index (χ0v) is 37.2. The minimum Gasteiger partial charge on any atom is -0.488 e. The molecule has 3 aliphatic rings. The van der Waals surface area contributed by atoms with Crippen LogP contribution in [0.1, 0.15) is 83.2 Å². The number of rotatable bonds is 12. The number of hydrogen-bond acceptors (Lipinski definition) is 10. The number of aromatic nitrogens is 4. The van der Waals surface area contributed by atoms with Crippen molar-refractivity contribution < 1.29 is 38.1 Å². The summed E-state index contributed by atoms with van der Waals surface area (Å²) in [6, 6.07) is 12.5. The van der Waals surface area contributed by atoms with Gasteiger partial charge in [-0.3, -0.25) is 9.59 Å². The number of imidazole rings is 2. The first kappa shape index (κ1) is 43.5. The molecule has 334 valence electrons. The maximum absolute atomic E-state index is 14.1. The number of H-pyrrole nitrogens is 2. The molecule has 0 bridgehead atoms. The van der Waals surface area contributed by atoms with Crippen LogP contribution in [-0.2, 0) is 30.4 Å². The molecule has 2 aromatic heterocycles. The minimum atomic E-state index is -0.762. The quantitative estimate of drug-likeness (QED) is 0.0992. The van der Waals surface area contributed by atoms with Crippen LogP contribution in [0.2, 0.25) is 0 Å². The van der Waals surface area contributed by atoms with Crippen molar-refractivity contribution in [3.05, 3.63) is 65.9 Å². The predicted molar refractivity (Wildman–Crippen MR) is 237 cm³/mol. The van der Waals surface area contributed by atoms with Crippen LogP contribution in [0.4, 0.5) is 9.59 Å². The number of nitrogens with zero attached hydrogens (tertiary/aromatic N) is 4. The second-order valence-corrected chi connectivity index (χ2v) is 17.8. The third-order valence-electron chi connectivity index (χ3n) is 13.1. The lowest BCUT2D eigenvalue weighted by molar-refractivity contribution is -0.136. The van der Waals surface area contributed by atoms with E-state index in [1.165, 1.54) is 14.2 Å². The fourth-order valence-corrected chi connectivity index (χ4v) is 9.54. The molecule has 3 aliphatic heterocycles. The van der Waals surface area contributed by atoms with Gasteiger partial charge in [0.15, 0.2) is 0 Å². The maximum atomic E-state index is 14.1. The third-order valence-corrected chi connectivity index (χ3v) is 13.1. The summed E-state index contributed by atoms with van der Waals surface area (Å²) in [7, 11) is 4.25. The summed E-state index contributed by atoms with van der Waals surface area (Å²) < 4.78 is 21.6. The summed E-state index contributed by atoms with van der Waals surface area (Å²) in [4.78, 5) is 73.1. The standard InChI is InChI=1S/C47H58N8O8/c1-9-26(5)40(53-47(59)62-8)45(57)54-20-25(4)14-36(54)42-48-19-35(50-42)29-10-12-31-30(16-29)23-63-38-18-32-28(17-33(31)38)11-13-34-41(32)51-43(49-34)37-15-27(22-60-6)21-55(37)44(56)39(24(2)3)52-46(58)61-7/h10-13,16-19,24-27,36-37,39-40H,9,14-15,20-23H2,1-8H3,(H,48,50)(H,49,51)(H,52,58)(H,53,59)/t25-,26?,27-,36?,37-,39-,40+/m0/s1. The Kier molecular flexibility index (Phi) is 12.4. The van der Waals surface area contributed by atoms with Crippen LogP contribution < -0.4 is 15.4 Å². The normalized spacial score (nSPS) is 20.8. The third kappa shape index (κ3) is 8.40. The number of fused-ring (bicyclic) bond motifs is 6. The second kappa shape index (κ2) is 17.9. The van der Waals surface area contributed by atoms with Crippen molar-refractivity contribution in [1.82, 2.24) is 40.4 Å². The summed E-state index contributed by atoms with van der Waals surface area (Å²) in [5.41, 5.74) is 6.51. The molecule has 4 amide bonds. The van der Waals surface area contributed by atoms with Gasteiger partial charge < -0.3 is 49.3 Å². The van der Waals surface area contributed by atoms with Gasteiger partial charge in [0.1, 0.15) is 36.1 Å². The van der Waals surface area contributed by atoms with Crippen LogP contribution in [0.5, 0.6) is 5.75 Å². The van der Waals surface area contributed by atoms with E-state index in [0.717, 1.165) is 68.3 Å². The highest BCUT2D eigenvalue weighted by atomic mass is 16.5. The molecule has 2 fully saturated rings. The lowest BCUT2D eigenvalue weighted by Gasteiger charge is -2.30. The van der Waals surface area contributed by atoms with Gasteiger partial charge in [-0.15, -0.1) is 0 Å². The van der Waals surface area contributed by atoms with Crippen molar-refractivity contribution in [3.63, 3.8) is 0 Å². The Bertz CT molecular complexity index is 2530. The van der Waals surface area contributed by atoms with Gasteiger partial charge >= 0.3 is 12.2 Å². The molecule has 16 nitrogen and oxygen atoms in total. The molecule has 63 heavy (non-hydrogen) atoms. The van der Waals surface area contributed by atoms with Crippen LogP contribution in [0, 0.1) is 23.7 Å². The Balaban J connectivity index is 1.05. The van der Waals surface area contributed by atoms with Crippen molar-refractivity contribution in [3.8, 4) is 28.1 Å². The fourth-order valence-electron chi connectivity index (χ4n) is 9.54. The molecule has 2 unspecified atom stereocenters. The summed E-state index contributed by atoms with van der Waals surface area (Å²) in [6.45, 7) is 11.8. The van der Waals surface area contributed by atoms with Crippen LogP contribution >= 0.6 is 0 Å². The molecule has 0 saturated carbocycles. The zero-order chi connectivity index (χ0) is 44.7. The zero-order valence-electron chi connectivity index (χ0n) is 37.2. The molecular weight excluding hydrogens is 805 g/mol. The molecular formula is C47H58N8O8. The molecule has 5 heterocycles. The lowest BCUT2D eigenvalue weighted by Crippen LogP contribution is -2.51. The van der Waals surface area contributed by atoms with Crippen molar-refractivity contribution >= 4 is 45.8 Å².